The molecule has 0 radical (unpaired) electrons. The van der Waals surface area contributed by atoms with E-state index in [2.05, 4.69) is 0 Å². The van der Waals surface area contributed by atoms with Crippen LogP contribution >= 0.6 is 11.6 Å². The van der Waals surface area contributed by atoms with E-state index in [1.807, 2.05) is 0 Å². The van der Waals surface area contributed by atoms with E-state index in [1.165, 1.54) is 0 Å². The Morgan fingerprint density at radius 2 is 1.94 bits per heavy atom. The molecule has 0 N–H and O–H groups in total. The van der Waals surface area contributed by atoms with E-state index in [1.54, 1.807) is 0 Å². The first-order chi connectivity index (χ1) is 7.25. The van der Waals surface area contributed by atoms with Gasteiger partial charge in [-0.3, -0.25) is 14.9 Å². The van der Waals surface area contributed by atoms with Crippen LogP contribution in [-0.2, 0) is 0 Å². The number of Topliss-reactive ketones (excluding diaryl/α,β-unsaturated/α-hetero) is 1. The summed E-state index contributed by atoms with van der Waals surface area (Å²) in [5.74, 6) is -2.29. The highest BCUT2D eigenvalue weighted by atomic mass is 35.5. The molecule has 1 aromatic carbocycles. The normalized spacial score (nSPS) is 11.2. The van der Waals surface area contributed by atoms with Crippen LogP contribution in [0, 0.1) is 10.1 Å². The quantitative estimate of drug-likeness (QED) is 0.462. The Morgan fingerprint density at radius 3 is 2.38 bits per heavy atom. The zero-order chi connectivity index (χ0) is 12.5. The van der Waals surface area contributed by atoms with Crippen molar-refractivity contribution in [2.45, 2.75) is 6.18 Å². The van der Waals surface area contributed by atoms with Gasteiger partial charge in [0.25, 0.3) is 11.5 Å². The molecular weight excluding hydrogens is 251 g/mol. The van der Waals surface area contributed by atoms with Crippen molar-refractivity contribution in [3.8, 4) is 0 Å². The molecule has 0 saturated heterocycles. The highest BCUT2D eigenvalue weighted by Gasteiger charge is 2.43. The summed E-state index contributed by atoms with van der Waals surface area (Å²) >= 11 is 5.36. The Labute approximate surface area is 91.8 Å². The Hall–Kier alpha value is -1.63. The maximum atomic E-state index is 12.1. The molecule has 0 aliphatic rings. The van der Waals surface area contributed by atoms with Crippen LogP contribution in [-0.4, -0.2) is 16.9 Å². The SMILES string of the molecule is O=C(c1cccc(Cl)c1[N+](=O)[O-])C(F)(F)F. The van der Waals surface area contributed by atoms with Crippen molar-refractivity contribution in [2.24, 2.45) is 0 Å². The first-order valence-electron chi connectivity index (χ1n) is 3.79. The molecule has 0 fully saturated rings. The van der Waals surface area contributed by atoms with Gasteiger partial charge < -0.3 is 0 Å². The van der Waals surface area contributed by atoms with Crippen molar-refractivity contribution >= 4 is 23.1 Å². The number of hydrogen-bond acceptors (Lipinski definition) is 3. The molecule has 0 aliphatic heterocycles. The zero-order valence-corrected chi connectivity index (χ0v) is 8.17. The Bertz CT molecular complexity index is 458. The number of benzene rings is 1. The summed E-state index contributed by atoms with van der Waals surface area (Å²) in [4.78, 5) is 20.2. The van der Waals surface area contributed by atoms with Gasteiger partial charge in [0, 0.05) is 0 Å². The lowest BCUT2D eigenvalue weighted by molar-refractivity contribution is -0.385. The minimum absolute atomic E-state index is 0.514. The molecule has 0 saturated carbocycles. The lowest BCUT2D eigenvalue weighted by Gasteiger charge is -2.06. The fourth-order valence-corrected chi connectivity index (χ4v) is 1.28. The molecule has 0 aromatic heterocycles. The summed E-state index contributed by atoms with van der Waals surface area (Å²) in [6.07, 6.45) is -5.17. The molecular formula is C8H3ClF3NO3. The van der Waals surface area contributed by atoms with E-state index < -0.39 is 33.2 Å². The summed E-state index contributed by atoms with van der Waals surface area (Å²) in [5.41, 5.74) is -2.10. The number of hydrogen-bond donors (Lipinski definition) is 0. The van der Waals surface area contributed by atoms with Crippen molar-refractivity contribution < 1.29 is 22.9 Å². The lowest BCUT2D eigenvalue weighted by atomic mass is 10.1. The van der Waals surface area contributed by atoms with Crippen LogP contribution < -0.4 is 0 Å². The van der Waals surface area contributed by atoms with E-state index in [-0.39, 0.29) is 0 Å². The van der Waals surface area contributed by atoms with Gasteiger partial charge in [0.1, 0.15) is 10.6 Å². The summed E-state index contributed by atoms with van der Waals surface area (Å²) in [6.45, 7) is 0. The second kappa shape index (κ2) is 4.09. The average Bonchev–Trinajstić information content (AvgIpc) is 2.14. The first-order valence-corrected chi connectivity index (χ1v) is 4.17. The molecule has 0 unspecified atom stereocenters. The molecule has 4 nitrogen and oxygen atoms in total. The van der Waals surface area contributed by atoms with Crippen molar-refractivity contribution in [1.82, 2.24) is 0 Å². The van der Waals surface area contributed by atoms with E-state index in [4.69, 9.17) is 11.6 Å². The van der Waals surface area contributed by atoms with Crippen LogP contribution in [0.5, 0.6) is 0 Å². The summed E-state index contributed by atoms with van der Waals surface area (Å²) in [7, 11) is 0. The predicted molar refractivity (Wildman–Crippen MR) is 48.5 cm³/mol. The maximum Gasteiger partial charge on any atom is 0.455 e. The van der Waals surface area contributed by atoms with E-state index in [9.17, 15) is 28.1 Å². The molecule has 1 aromatic rings. The second-order valence-electron chi connectivity index (χ2n) is 2.72. The molecule has 0 heterocycles. The van der Waals surface area contributed by atoms with Gasteiger partial charge in [-0.25, -0.2) is 0 Å². The van der Waals surface area contributed by atoms with Gasteiger partial charge in [-0.05, 0) is 12.1 Å². The molecule has 0 spiro atoms. The number of rotatable bonds is 2. The van der Waals surface area contributed by atoms with Gasteiger partial charge in [-0.2, -0.15) is 13.2 Å². The van der Waals surface area contributed by atoms with Gasteiger partial charge in [-0.15, -0.1) is 0 Å². The minimum Gasteiger partial charge on any atom is -0.284 e. The van der Waals surface area contributed by atoms with Gasteiger partial charge in [0.15, 0.2) is 0 Å². The summed E-state index contributed by atoms with van der Waals surface area (Å²) in [5, 5.41) is 9.96. The number of para-hydroxylation sites is 1. The van der Waals surface area contributed by atoms with Crippen LogP contribution in [0.2, 0.25) is 5.02 Å². The van der Waals surface area contributed by atoms with Gasteiger partial charge in [0.05, 0.1) is 4.92 Å². The number of alkyl halides is 3. The Kier molecular flexibility index (Phi) is 3.18. The topological polar surface area (TPSA) is 60.2 Å². The van der Waals surface area contributed by atoms with Crippen molar-refractivity contribution in [1.29, 1.82) is 0 Å². The van der Waals surface area contributed by atoms with E-state index in [0.717, 1.165) is 12.1 Å². The van der Waals surface area contributed by atoms with E-state index >= 15 is 0 Å². The van der Waals surface area contributed by atoms with Gasteiger partial charge in [-0.1, -0.05) is 17.7 Å². The third-order valence-corrected chi connectivity index (χ3v) is 1.98. The second-order valence-corrected chi connectivity index (χ2v) is 3.13. The third kappa shape index (κ3) is 2.30. The Morgan fingerprint density at radius 1 is 1.38 bits per heavy atom. The molecule has 0 aliphatic carbocycles. The van der Waals surface area contributed by atoms with Crippen LogP contribution in [0.1, 0.15) is 10.4 Å². The molecule has 0 bridgehead atoms. The fraction of sp³-hybridized carbons (Fsp3) is 0.125. The molecule has 16 heavy (non-hydrogen) atoms. The highest BCUT2D eigenvalue weighted by molar-refractivity contribution is 6.33. The van der Waals surface area contributed by atoms with Crippen LogP contribution in [0.25, 0.3) is 0 Å². The zero-order valence-electron chi connectivity index (χ0n) is 7.42. The maximum absolute atomic E-state index is 12.1. The van der Waals surface area contributed by atoms with Crippen molar-refractivity contribution in [3.63, 3.8) is 0 Å². The molecule has 1 rings (SSSR count). The van der Waals surface area contributed by atoms with Crippen molar-refractivity contribution in [2.75, 3.05) is 0 Å². The number of nitro benzene ring substituents is 1. The lowest BCUT2D eigenvalue weighted by Crippen LogP contribution is -2.23. The summed E-state index contributed by atoms with van der Waals surface area (Å²) in [6, 6.07) is 2.78. The van der Waals surface area contributed by atoms with Crippen LogP contribution in [0.4, 0.5) is 18.9 Å². The third-order valence-electron chi connectivity index (χ3n) is 1.67. The molecule has 0 atom stereocenters. The average molecular weight is 254 g/mol. The van der Waals surface area contributed by atoms with E-state index in [0.29, 0.717) is 6.07 Å². The number of ketones is 1. The van der Waals surface area contributed by atoms with Crippen molar-refractivity contribution in [3.05, 3.63) is 38.9 Å². The minimum atomic E-state index is -5.17. The highest BCUT2D eigenvalue weighted by Crippen LogP contribution is 2.32. The predicted octanol–water partition coefficient (Wildman–Crippen LogP) is 2.99. The van der Waals surface area contributed by atoms with Crippen LogP contribution in [0.3, 0.4) is 0 Å². The number of carbonyl (C=O) groups is 1. The summed E-state index contributed by atoms with van der Waals surface area (Å²) < 4.78 is 36.3. The monoisotopic (exact) mass is 253 g/mol. The molecule has 86 valence electrons. The number of nitro groups is 1. The van der Waals surface area contributed by atoms with Gasteiger partial charge in [0.2, 0.25) is 0 Å². The first kappa shape index (κ1) is 12.4. The number of halogens is 4. The number of nitrogens with zero attached hydrogens (tertiary/aromatic N) is 1. The van der Waals surface area contributed by atoms with Gasteiger partial charge >= 0.3 is 6.18 Å². The smallest absolute Gasteiger partial charge is 0.284 e. The largest absolute Gasteiger partial charge is 0.455 e. The molecule has 0 amide bonds. The number of carbonyl (C=O) groups excluding carboxylic acids is 1. The van der Waals surface area contributed by atoms with Crippen LogP contribution in [0.15, 0.2) is 18.2 Å². The fourth-order valence-electron chi connectivity index (χ4n) is 1.04. The standard InChI is InChI=1S/C8H3ClF3NO3/c9-5-3-1-2-4(6(5)13(15)16)7(14)8(10,11)12/h1-3H. The molecule has 8 heteroatoms. The Balaban J connectivity index is 3.40.